The monoisotopic (exact) mass is 322 g/mol. The van der Waals surface area contributed by atoms with E-state index in [1.165, 1.54) is 0 Å². The van der Waals surface area contributed by atoms with Crippen LogP contribution in [0.25, 0.3) is 5.76 Å². The molecule has 0 saturated carbocycles. The molecule has 0 amide bonds. The minimum absolute atomic E-state index is 0.205. The van der Waals surface area contributed by atoms with Crippen LogP contribution >= 0.6 is 0 Å². The van der Waals surface area contributed by atoms with Gasteiger partial charge in [-0.15, -0.1) is 0 Å². The molecule has 0 saturated heterocycles. The van der Waals surface area contributed by atoms with Crippen molar-refractivity contribution in [1.29, 1.82) is 0 Å². The number of hydrogen-bond acceptors (Lipinski definition) is 2. The molecule has 118 valence electrons. The summed E-state index contributed by atoms with van der Waals surface area (Å²) >= 11 is 0. The van der Waals surface area contributed by atoms with E-state index in [9.17, 15) is 0 Å². The molecule has 1 aromatic carbocycles. The van der Waals surface area contributed by atoms with Gasteiger partial charge in [-0.1, -0.05) is 27.4 Å². The smallest absolute Gasteiger partial charge is 0.250 e. The van der Waals surface area contributed by atoms with Crippen molar-refractivity contribution in [2.75, 3.05) is 0 Å². The zero-order valence-electron chi connectivity index (χ0n) is 14.8. The maximum absolute atomic E-state index is 6.28. The quantitative estimate of drug-likeness (QED) is 0.497. The Labute approximate surface area is 132 Å². The SMILES string of the molecule is C=C(O[Si](C)(C)C)c1ccc(O[Si](C)(C)C(C)(C)C)cc1. The lowest BCUT2D eigenvalue weighted by Crippen LogP contribution is -2.43. The third kappa shape index (κ3) is 5.36. The second kappa shape index (κ2) is 6.01. The van der Waals surface area contributed by atoms with Crippen LogP contribution in [-0.4, -0.2) is 16.6 Å². The van der Waals surface area contributed by atoms with Gasteiger partial charge in [0.2, 0.25) is 16.6 Å². The molecule has 0 fully saturated rings. The summed E-state index contributed by atoms with van der Waals surface area (Å²) < 4.78 is 12.2. The summed E-state index contributed by atoms with van der Waals surface area (Å²) in [5.41, 5.74) is 1.03. The van der Waals surface area contributed by atoms with Gasteiger partial charge in [0, 0.05) is 5.56 Å². The molecule has 0 spiro atoms. The first-order valence-corrected chi connectivity index (χ1v) is 13.8. The minimum atomic E-state index is -1.78. The summed E-state index contributed by atoms with van der Waals surface area (Å²) in [6.07, 6.45) is 0. The molecule has 0 aromatic heterocycles. The van der Waals surface area contributed by atoms with Crippen LogP contribution in [0.1, 0.15) is 26.3 Å². The molecule has 0 aliphatic carbocycles. The van der Waals surface area contributed by atoms with Crippen LogP contribution in [0.2, 0.25) is 37.8 Å². The summed E-state index contributed by atoms with van der Waals surface area (Å²) in [5.74, 6) is 1.69. The maximum Gasteiger partial charge on any atom is 0.250 e. The molecule has 0 heterocycles. The molecule has 0 bridgehead atoms. The van der Waals surface area contributed by atoms with Gasteiger partial charge in [0.05, 0.1) is 0 Å². The highest BCUT2D eigenvalue weighted by atomic mass is 28.4. The largest absolute Gasteiger partial charge is 0.544 e. The van der Waals surface area contributed by atoms with E-state index < -0.39 is 16.6 Å². The Hall–Kier alpha value is -1.01. The van der Waals surface area contributed by atoms with Gasteiger partial charge < -0.3 is 8.85 Å². The van der Waals surface area contributed by atoms with Crippen molar-refractivity contribution < 1.29 is 8.85 Å². The first-order chi connectivity index (χ1) is 9.32. The zero-order valence-corrected chi connectivity index (χ0v) is 16.8. The molecule has 0 unspecified atom stereocenters. The summed E-state index contributed by atoms with van der Waals surface area (Å²) in [4.78, 5) is 0. The van der Waals surface area contributed by atoms with E-state index in [1.54, 1.807) is 0 Å². The average molecular weight is 323 g/mol. The van der Waals surface area contributed by atoms with Crippen molar-refractivity contribution in [2.45, 2.75) is 58.5 Å². The second-order valence-corrected chi connectivity index (χ2v) is 17.2. The molecular formula is C17H30O2Si2. The lowest BCUT2D eigenvalue weighted by Gasteiger charge is -2.36. The van der Waals surface area contributed by atoms with Gasteiger partial charge in [-0.05, 0) is 62.0 Å². The first kappa shape index (κ1) is 18.0. The highest BCUT2D eigenvalue weighted by Gasteiger charge is 2.38. The number of rotatable bonds is 5. The van der Waals surface area contributed by atoms with E-state index in [0.717, 1.165) is 17.1 Å². The highest BCUT2D eigenvalue weighted by molar-refractivity contribution is 6.74. The molecule has 4 heteroatoms. The van der Waals surface area contributed by atoms with E-state index in [4.69, 9.17) is 8.85 Å². The van der Waals surface area contributed by atoms with E-state index in [-0.39, 0.29) is 5.04 Å². The lowest BCUT2D eigenvalue weighted by molar-refractivity contribution is 0.491. The Morgan fingerprint density at radius 1 is 0.952 bits per heavy atom. The average Bonchev–Trinajstić information content (AvgIpc) is 2.25. The molecule has 0 N–H and O–H groups in total. The molecule has 0 aliphatic rings. The molecule has 0 radical (unpaired) electrons. The normalized spacial score (nSPS) is 13.0. The zero-order chi connectivity index (χ0) is 16.5. The van der Waals surface area contributed by atoms with Crippen molar-refractivity contribution in [3.8, 4) is 5.75 Å². The topological polar surface area (TPSA) is 18.5 Å². The molecule has 0 atom stereocenters. The molecule has 21 heavy (non-hydrogen) atoms. The van der Waals surface area contributed by atoms with Crippen LogP contribution in [0.4, 0.5) is 0 Å². The fourth-order valence-corrected chi connectivity index (χ4v) is 3.47. The van der Waals surface area contributed by atoms with Crippen LogP contribution in [0.15, 0.2) is 30.8 Å². The van der Waals surface area contributed by atoms with Gasteiger partial charge in [-0.3, -0.25) is 0 Å². The summed E-state index contributed by atoms with van der Waals surface area (Å²) in [7, 11) is -3.38. The maximum atomic E-state index is 6.28. The van der Waals surface area contributed by atoms with Gasteiger partial charge in [0.15, 0.2) is 0 Å². The molecule has 0 aliphatic heterocycles. The van der Waals surface area contributed by atoms with Crippen molar-refractivity contribution in [1.82, 2.24) is 0 Å². The van der Waals surface area contributed by atoms with Crippen molar-refractivity contribution in [3.63, 3.8) is 0 Å². The third-order valence-corrected chi connectivity index (χ3v) is 9.00. The van der Waals surface area contributed by atoms with Gasteiger partial charge in [-0.25, -0.2) is 0 Å². The Balaban J connectivity index is 2.82. The number of hydrogen-bond donors (Lipinski definition) is 0. The Morgan fingerprint density at radius 3 is 1.81 bits per heavy atom. The predicted molar refractivity (Wildman–Crippen MR) is 97.7 cm³/mol. The predicted octanol–water partition coefficient (Wildman–Crippen LogP) is 5.89. The van der Waals surface area contributed by atoms with Crippen LogP contribution in [0.5, 0.6) is 5.75 Å². The Kier molecular flexibility index (Phi) is 5.16. The summed E-state index contributed by atoms with van der Waals surface area (Å²) in [6, 6.07) is 8.11. The summed E-state index contributed by atoms with van der Waals surface area (Å²) in [6.45, 7) is 21.8. The van der Waals surface area contributed by atoms with Crippen LogP contribution in [0, 0.1) is 0 Å². The standard InChI is InChI=1S/C17H30O2Si2/c1-14(18-20(5,6)7)15-10-12-16(13-11-15)19-21(8,9)17(2,3)4/h10-13H,1H2,2-9H3. The van der Waals surface area contributed by atoms with Gasteiger partial charge >= 0.3 is 0 Å². The van der Waals surface area contributed by atoms with E-state index in [0.29, 0.717) is 0 Å². The van der Waals surface area contributed by atoms with Crippen molar-refractivity contribution in [3.05, 3.63) is 36.4 Å². The molecule has 2 nitrogen and oxygen atoms in total. The lowest BCUT2D eigenvalue weighted by atomic mass is 10.2. The van der Waals surface area contributed by atoms with Crippen LogP contribution in [0.3, 0.4) is 0 Å². The van der Waals surface area contributed by atoms with Crippen molar-refractivity contribution >= 4 is 22.4 Å². The van der Waals surface area contributed by atoms with E-state index in [1.807, 2.05) is 24.3 Å². The van der Waals surface area contributed by atoms with Crippen molar-refractivity contribution in [2.24, 2.45) is 0 Å². The van der Waals surface area contributed by atoms with E-state index >= 15 is 0 Å². The molecule has 1 aromatic rings. The molecule has 1 rings (SSSR count). The van der Waals surface area contributed by atoms with Crippen LogP contribution < -0.4 is 4.43 Å². The fraction of sp³-hybridized carbons (Fsp3) is 0.529. The summed E-state index contributed by atoms with van der Waals surface area (Å²) in [5, 5.41) is 0.205. The Morgan fingerprint density at radius 2 is 1.43 bits per heavy atom. The fourth-order valence-electron chi connectivity index (χ4n) is 1.59. The van der Waals surface area contributed by atoms with Gasteiger partial charge in [0.1, 0.15) is 11.5 Å². The van der Waals surface area contributed by atoms with Gasteiger partial charge in [0.25, 0.3) is 0 Å². The third-order valence-electron chi connectivity index (χ3n) is 3.78. The Bertz CT molecular complexity index is 491. The number of benzene rings is 1. The van der Waals surface area contributed by atoms with Gasteiger partial charge in [-0.2, -0.15) is 0 Å². The second-order valence-electron chi connectivity index (χ2n) is 8.02. The highest BCUT2D eigenvalue weighted by Crippen LogP contribution is 2.37. The minimum Gasteiger partial charge on any atom is -0.544 e. The van der Waals surface area contributed by atoms with E-state index in [2.05, 4.69) is 60.1 Å². The first-order valence-electron chi connectivity index (χ1n) is 7.49. The van der Waals surface area contributed by atoms with Crippen LogP contribution in [-0.2, 0) is 4.43 Å². The molecular weight excluding hydrogens is 292 g/mol.